The molecule has 20 heavy (non-hydrogen) atoms. The van der Waals surface area contributed by atoms with Gasteiger partial charge in [0.15, 0.2) is 5.65 Å². The van der Waals surface area contributed by atoms with Crippen LogP contribution in [0.3, 0.4) is 0 Å². The molecule has 4 rings (SSSR count). The molecule has 2 aromatic heterocycles. The van der Waals surface area contributed by atoms with Gasteiger partial charge in [0.1, 0.15) is 16.7 Å². The fraction of sp³-hybridized carbons (Fsp3) is 0.0769. The number of fused-ring (bicyclic) bond motifs is 2. The van der Waals surface area contributed by atoms with Crippen LogP contribution in [0.15, 0.2) is 34.1 Å². The molecule has 3 heterocycles. The second-order valence-electron chi connectivity index (χ2n) is 4.47. The van der Waals surface area contributed by atoms with E-state index in [-0.39, 0.29) is 0 Å². The Morgan fingerprint density at radius 2 is 2.20 bits per heavy atom. The highest BCUT2D eigenvalue weighted by Crippen LogP contribution is 2.28. The fourth-order valence-corrected chi connectivity index (χ4v) is 2.69. The van der Waals surface area contributed by atoms with Crippen molar-refractivity contribution in [1.82, 2.24) is 20.2 Å². The highest BCUT2D eigenvalue weighted by atomic mass is 79.9. The first-order chi connectivity index (χ1) is 9.81. The van der Waals surface area contributed by atoms with Gasteiger partial charge in [-0.25, -0.2) is 9.97 Å². The molecule has 1 aromatic carbocycles. The van der Waals surface area contributed by atoms with Crippen LogP contribution >= 0.6 is 15.9 Å². The standard InChI is InChI=1S/C13H9BrN6/c14-11-10-12(16-6-17-13(10)20-19-11)18-9-2-1-7-4-15-5-8(7)3-9/h1-3,5-6H,4H2,(H2,16,17,18,19,20). The van der Waals surface area contributed by atoms with E-state index in [1.165, 1.54) is 11.9 Å². The molecule has 0 aliphatic carbocycles. The van der Waals surface area contributed by atoms with Crippen molar-refractivity contribution in [3.05, 3.63) is 40.3 Å². The van der Waals surface area contributed by atoms with Crippen molar-refractivity contribution < 1.29 is 0 Å². The molecule has 0 spiro atoms. The minimum atomic E-state index is 0.622. The average molecular weight is 329 g/mol. The predicted octanol–water partition coefficient (Wildman–Crippen LogP) is 2.79. The van der Waals surface area contributed by atoms with Crippen LogP contribution in [0, 0.1) is 0 Å². The van der Waals surface area contributed by atoms with Crippen molar-refractivity contribution in [2.75, 3.05) is 5.32 Å². The molecule has 0 fully saturated rings. The Balaban J connectivity index is 1.77. The number of halogens is 1. The SMILES string of the molecule is Brc1[nH]nc2ncnc(Nc3ccc4c(c3)C=NC4)c12. The lowest BCUT2D eigenvalue weighted by Gasteiger charge is -2.07. The first kappa shape index (κ1) is 11.5. The summed E-state index contributed by atoms with van der Waals surface area (Å²) in [5, 5.41) is 11.1. The van der Waals surface area contributed by atoms with Crippen molar-refractivity contribution in [3.8, 4) is 0 Å². The third kappa shape index (κ3) is 1.78. The molecule has 3 aromatic rings. The third-order valence-electron chi connectivity index (χ3n) is 3.21. The van der Waals surface area contributed by atoms with Crippen LogP contribution in [0.1, 0.15) is 11.1 Å². The summed E-state index contributed by atoms with van der Waals surface area (Å²) in [7, 11) is 0. The maximum atomic E-state index is 4.28. The lowest BCUT2D eigenvalue weighted by Crippen LogP contribution is -1.96. The van der Waals surface area contributed by atoms with E-state index in [1.807, 2.05) is 12.3 Å². The summed E-state index contributed by atoms with van der Waals surface area (Å²) in [6, 6.07) is 6.16. The molecule has 0 atom stereocenters. The molecule has 1 aliphatic heterocycles. The molecule has 0 unspecified atom stereocenters. The van der Waals surface area contributed by atoms with E-state index >= 15 is 0 Å². The number of aromatic amines is 1. The molecule has 2 N–H and O–H groups in total. The molecule has 0 saturated heterocycles. The highest BCUT2D eigenvalue weighted by Gasteiger charge is 2.12. The smallest absolute Gasteiger partial charge is 0.187 e. The summed E-state index contributed by atoms with van der Waals surface area (Å²) >= 11 is 3.42. The Hall–Kier alpha value is -2.28. The fourth-order valence-electron chi connectivity index (χ4n) is 2.23. The molecule has 0 saturated carbocycles. The van der Waals surface area contributed by atoms with Crippen LogP contribution in [-0.2, 0) is 6.54 Å². The maximum Gasteiger partial charge on any atom is 0.187 e. The Morgan fingerprint density at radius 3 is 3.15 bits per heavy atom. The summed E-state index contributed by atoms with van der Waals surface area (Å²) in [5.41, 5.74) is 3.97. The van der Waals surface area contributed by atoms with Gasteiger partial charge in [-0.2, -0.15) is 5.10 Å². The molecule has 0 radical (unpaired) electrons. The molecular formula is C13H9BrN6. The van der Waals surface area contributed by atoms with Gasteiger partial charge in [-0.1, -0.05) is 6.07 Å². The van der Waals surface area contributed by atoms with E-state index in [1.54, 1.807) is 0 Å². The number of nitrogens with zero attached hydrogens (tertiary/aromatic N) is 4. The minimum absolute atomic E-state index is 0.622. The number of hydrogen-bond acceptors (Lipinski definition) is 5. The normalized spacial score (nSPS) is 12.8. The molecule has 0 amide bonds. The number of rotatable bonds is 2. The number of nitrogens with one attached hydrogen (secondary N) is 2. The van der Waals surface area contributed by atoms with Gasteiger partial charge in [-0.3, -0.25) is 10.1 Å². The van der Waals surface area contributed by atoms with E-state index in [2.05, 4.69) is 58.5 Å². The Bertz CT molecular complexity index is 838. The zero-order valence-corrected chi connectivity index (χ0v) is 11.8. The number of anilines is 2. The van der Waals surface area contributed by atoms with Crippen LogP contribution < -0.4 is 5.32 Å². The molecule has 98 valence electrons. The van der Waals surface area contributed by atoms with Crippen LogP contribution in [0.2, 0.25) is 0 Å². The summed E-state index contributed by atoms with van der Waals surface area (Å²) < 4.78 is 0.762. The summed E-state index contributed by atoms with van der Waals surface area (Å²) in [4.78, 5) is 12.7. The van der Waals surface area contributed by atoms with Gasteiger partial charge < -0.3 is 5.32 Å². The molecular weight excluding hydrogens is 320 g/mol. The molecule has 1 aliphatic rings. The van der Waals surface area contributed by atoms with Crippen molar-refractivity contribution in [2.45, 2.75) is 6.54 Å². The predicted molar refractivity (Wildman–Crippen MR) is 80.4 cm³/mol. The largest absolute Gasteiger partial charge is 0.339 e. The Labute approximate surface area is 122 Å². The zero-order chi connectivity index (χ0) is 13.5. The van der Waals surface area contributed by atoms with Crippen molar-refractivity contribution in [3.63, 3.8) is 0 Å². The van der Waals surface area contributed by atoms with Crippen LogP contribution in [0.25, 0.3) is 11.0 Å². The maximum absolute atomic E-state index is 4.28. The van der Waals surface area contributed by atoms with Crippen LogP contribution in [-0.4, -0.2) is 26.4 Å². The number of hydrogen-bond donors (Lipinski definition) is 2. The Kier molecular flexibility index (Phi) is 2.53. The molecule has 6 nitrogen and oxygen atoms in total. The van der Waals surface area contributed by atoms with Gasteiger partial charge in [0.25, 0.3) is 0 Å². The van der Waals surface area contributed by atoms with Crippen LogP contribution in [0.5, 0.6) is 0 Å². The zero-order valence-electron chi connectivity index (χ0n) is 10.3. The third-order valence-corrected chi connectivity index (χ3v) is 3.78. The number of aromatic nitrogens is 4. The van der Waals surface area contributed by atoms with E-state index in [0.29, 0.717) is 11.5 Å². The van der Waals surface area contributed by atoms with Crippen molar-refractivity contribution in [2.24, 2.45) is 4.99 Å². The van der Waals surface area contributed by atoms with Crippen molar-refractivity contribution in [1.29, 1.82) is 0 Å². The number of benzene rings is 1. The molecule has 0 bridgehead atoms. The summed E-state index contributed by atoms with van der Waals surface area (Å²) in [6.45, 7) is 0.765. The van der Waals surface area contributed by atoms with Gasteiger partial charge in [-0.05, 0) is 39.2 Å². The van der Waals surface area contributed by atoms with Gasteiger partial charge in [-0.15, -0.1) is 0 Å². The highest BCUT2D eigenvalue weighted by molar-refractivity contribution is 9.10. The van der Waals surface area contributed by atoms with Gasteiger partial charge in [0.05, 0.1) is 11.9 Å². The number of H-pyrrole nitrogens is 1. The van der Waals surface area contributed by atoms with Gasteiger partial charge in [0, 0.05) is 11.9 Å². The van der Waals surface area contributed by atoms with Gasteiger partial charge in [0.2, 0.25) is 0 Å². The van der Waals surface area contributed by atoms with Crippen LogP contribution in [0.4, 0.5) is 11.5 Å². The lowest BCUT2D eigenvalue weighted by atomic mass is 10.1. The van der Waals surface area contributed by atoms with E-state index in [4.69, 9.17) is 0 Å². The topological polar surface area (TPSA) is 78.8 Å². The summed E-state index contributed by atoms with van der Waals surface area (Å²) in [6.07, 6.45) is 3.39. The molecule has 7 heteroatoms. The van der Waals surface area contributed by atoms with E-state index in [9.17, 15) is 0 Å². The average Bonchev–Trinajstić information content (AvgIpc) is 3.06. The summed E-state index contributed by atoms with van der Waals surface area (Å²) in [5.74, 6) is 0.713. The van der Waals surface area contributed by atoms with E-state index in [0.717, 1.165) is 27.8 Å². The quantitative estimate of drug-likeness (QED) is 0.758. The monoisotopic (exact) mass is 328 g/mol. The van der Waals surface area contributed by atoms with E-state index < -0.39 is 0 Å². The van der Waals surface area contributed by atoms with Crippen molar-refractivity contribution >= 4 is 44.7 Å². The number of aliphatic imine (C=N–C) groups is 1. The van der Waals surface area contributed by atoms with Gasteiger partial charge >= 0.3 is 0 Å². The Morgan fingerprint density at radius 1 is 1.25 bits per heavy atom. The minimum Gasteiger partial charge on any atom is -0.339 e. The first-order valence-corrected chi connectivity index (χ1v) is 6.85. The second kappa shape index (κ2) is 4.38. The second-order valence-corrected chi connectivity index (χ2v) is 5.26. The lowest BCUT2D eigenvalue weighted by molar-refractivity contribution is 1.07. The first-order valence-electron chi connectivity index (χ1n) is 6.05.